The first-order valence-electron chi connectivity index (χ1n) is 9.58. The van der Waals surface area contributed by atoms with E-state index >= 15 is 0 Å². The van der Waals surface area contributed by atoms with Crippen LogP contribution in [0, 0.1) is 6.92 Å². The first kappa shape index (κ1) is 18.0. The van der Waals surface area contributed by atoms with Gasteiger partial charge >= 0.3 is 6.01 Å². The van der Waals surface area contributed by atoms with Gasteiger partial charge in [-0.1, -0.05) is 59.7 Å². The minimum Gasteiger partial charge on any atom is -0.402 e. The lowest BCUT2D eigenvalue weighted by Crippen LogP contribution is -2.36. The normalized spacial score (nSPS) is 14.3. The van der Waals surface area contributed by atoms with Gasteiger partial charge in [0.05, 0.1) is 18.9 Å². The molecule has 5 rings (SSSR count). The molecule has 0 amide bonds. The molecule has 6 nitrogen and oxygen atoms in total. The van der Waals surface area contributed by atoms with Crippen molar-refractivity contribution in [2.45, 2.75) is 6.92 Å². The molecule has 2 aromatic heterocycles. The third kappa shape index (κ3) is 3.66. The van der Waals surface area contributed by atoms with Gasteiger partial charge in [-0.25, -0.2) is 4.98 Å². The van der Waals surface area contributed by atoms with Crippen molar-refractivity contribution >= 4 is 17.4 Å². The molecular formula is C22H20N4O2S. The molecule has 1 aliphatic heterocycles. The van der Waals surface area contributed by atoms with Gasteiger partial charge in [0.1, 0.15) is 9.88 Å². The number of hydrogen-bond donors (Lipinski definition) is 0. The fourth-order valence-electron chi connectivity index (χ4n) is 3.34. The van der Waals surface area contributed by atoms with Crippen molar-refractivity contribution in [3.63, 3.8) is 0 Å². The Balaban J connectivity index is 1.40. The predicted molar refractivity (Wildman–Crippen MR) is 114 cm³/mol. The van der Waals surface area contributed by atoms with Crippen molar-refractivity contribution in [3.05, 3.63) is 60.3 Å². The number of anilines is 1. The molecule has 0 aliphatic carbocycles. The van der Waals surface area contributed by atoms with E-state index in [0.717, 1.165) is 34.2 Å². The van der Waals surface area contributed by atoms with Crippen LogP contribution in [0.15, 0.2) is 59.0 Å². The summed E-state index contributed by atoms with van der Waals surface area (Å²) < 4.78 is 11.3. The van der Waals surface area contributed by atoms with Crippen LogP contribution in [0.4, 0.5) is 6.01 Å². The number of aryl methyl sites for hydroxylation is 1. The predicted octanol–water partition coefficient (Wildman–Crippen LogP) is 4.67. The number of ether oxygens (including phenoxy) is 1. The van der Waals surface area contributed by atoms with E-state index in [1.54, 1.807) is 11.3 Å². The maximum Gasteiger partial charge on any atom is 0.318 e. The standard InChI is InChI=1S/C22H20N4O2S/c1-15-19(20-24-25-22(28-20)26-11-13-27-14-12-26)29-21(23-15)18-9-7-17(8-10-18)16-5-3-2-4-6-16/h2-10H,11-14H2,1H3. The molecule has 0 radical (unpaired) electrons. The van der Waals surface area contributed by atoms with Gasteiger partial charge in [-0.2, -0.15) is 0 Å². The highest BCUT2D eigenvalue weighted by Crippen LogP contribution is 2.36. The Morgan fingerprint density at radius 3 is 2.31 bits per heavy atom. The molecule has 146 valence electrons. The molecule has 1 saturated heterocycles. The SMILES string of the molecule is Cc1nc(-c2ccc(-c3ccccc3)cc2)sc1-c1nnc(N2CCOCC2)o1. The van der Waals surface area contributed by atoms with Crippen LogP contribution in [-0.2, 0) is 4.74 Å². The van der Waals surface area contributed by atoms with E-state index < -0.39 is 0 Å². The number of hydrogen-bond acceptors (Lipinski definition) is 7. The molecule has 4 aromatic rings. The molecule has 3 heterocycles. The summed E-state index contributed by atoms with van der Waals surface area (Å²) in [5.41, 5.74) is 4.37. The van der Waals surface area contributed by atoms with Gasteiger partial charge in [0.25, 0.3) is 5.89 Å². The van der Waals surface area contributed by atoms with Gasteiger partial charge in [-0.3, -0.25) is 0 Å². The second-order valence-corrected chi connectivity index (χ2v) is 7.87. The number of rotatable bonds is 4. The van der Waals surface area contributed by atoms with Gasteiger partial charge in [0.15, 0.2) is 0 Å². The molecule has 7 heteroatoms. The lowest BCUT2D eigenvalue weighted by Gasteiger charge is -2.24. The van der Waals surface area contributed by atoms with Gasteiger partial charge < -0.3 is 14.1 Å². The molecule has 0 unspecified atom stereocenters. The van der Waals surface area contributed by atoms with Crippen LogP contribution in [0.5, 0.6) is 0 Å². The number of aromatic nitrogens is 3. The lowest BCUT2D eigenvalue weighted by atomic mass is 10.0. The summed E-state index contributed by atoms with van der Waals surface area (Å²) in [6.07, 6.45) is 0. The Hall–Kier alpha value is -3.03. The quantitative estimate of drug-likeness (QED) is 0.492. The van der Waals surface area contributed by atoms with Gasteiger partial charge in [0, 0.05) is 18.7 Å². The smallest absolute Gasteiger partial charge is 0.318 e. The molecule has 0 N–H and O–H groups in total. The minimum absolute atomic E-state index is 0.522. The number of morpholine rings is 1. The molecular weight excluding hydrogens is 384 g/mol. The zero-order valence-corrected chi connectivity index (χ0v) is 16.9. The van der Waals surface area contributed by atoms with Crippen molar-refractivity contribution in [2.24, 2.45) is 0 Å². The Kier molecular flexibility index (Phi) is 4.83. The highest BCUT2D eigenvalue weighted by molar-refractivity contribution is 7.18. The zero-order valence-electron chi connectivity index (χ0n) is 16.0. The summed E-state index contributed by atoms with van der Waals surface area (Å²) in [7, 11) is 0. The van der Waals surface area contributed by atoms with Gasteiger partial charge in [-0.05, 0) is 18.1 Å². The Morgan fingerprint density at radius 1 is 0.862 bits per heavy atom. The molecule has 0 spiro atoms. The Labute approximate surface area is 172 Å². The first-order valence-corrected chi connectivity index (χ1v) is 10.4. The van der Waals surface area contributed by atoms with E-state index in [1.807, 2.05) is 13.0 Å². The summed E-state index contributed by atoms with van der Waals surface area (Å²) >= 11 is 1.58. The molecule has 0 saturated carbocycles. The van der Waals surface area contributed by atoms with Gasteiger partial charge in [-0.15, -0.1) is 16.4 Å². The summed E-state index contributed by atoms with van der Waals surface area (Å²) in [6.45, 7) is 4.87. The van der Waals surface area contributed by atoms with E-state index in [2.05, 4.69) is 63.6 Å². The fraction of sp³-hybridized carbons (Fsp3) is 0.227. The van der Waals surface area contributed by atoms with Crippen molar-refractivity contribution in [1.82, 2.24) is 15.2 Å². The van der Waals surface area contributed by atoms with Crippen LogP contribution >= 0.6 is 11.3 Å². The summed E-state index contributed by atoms with van der Waals surface area (Å²) in [5, 5.41) is 9.42. The van der Waals surface area contributed by atoms with Crippen molar-refractivity contribution in [3.8, 4) is 32.5 Å². The van der Waals surface area contributed by atoms with E-state index in [-0.39, 0.29) is 0 Å². The summed E-state index contributed by atoms with van der Waals surface area (Å²) in [6, 6.07) is 19.4. The Bertz CT molecular complexity index is 1100. The van der Waals surface area contributed by atoms with Gasteiger partial charge in [0.2, 0.25) is 0 Å². The van der Waals surface area contributed by atoms with Crippen LogP contribution in [-0.4, -0.2) is 41.5 Å². The molecule has 0 atom stereocenters. The van der Waals surface area contributed by atoms with Crippen LogP contribution in [0.25, 0.3) is 32.5 Å². The largest absolute Gasteiger partial charge is 0.402 e. The van der Waals surface area contributed by atoms with Crippen molar-refractivity contribution in [1.29, 1.82) is 0 Å². The summed E-state index contributed by atoms with van der Waals surface area (Å²) in [5.74, 6) is 0.522. The monoisotopic (exact) mass is 404 g/mol. The fourth-order valence-corrected chi connectivity index (χ4v) is 4.34. The average molecular weight is 404 g/mol. The van der Waals surface area contributed by atoms with E-state index in [9.17, 15) is 0 Å². The third-order valence-corrected chi connectivity index (χ3v) is 6.12. The maximum atomic E-state index is 5.93. The van der Waals surface area contributed by atoms with E-state index in [4.69, 9.17) is 14.1 Å². The number of benzene rings is 2. The van der Waals surface area contributed by atoms with Crippen LogP contribution in [0.2, 0.25) is 0 Å². The zero-order chi connectivity index (χ0) is 19.6. The van der Waals surface area contributed by atoms with E-state index in [0.29, 0.717) is 25.1 Å². The summed E-state index contributed by atoms with van der Waals surface area (Å²) in [4.78, 5) is 7.71. The molecule has 0 bridgehead atoms. The average Bonchev–Trinajstić information content (AvgIpc) is 3.42. The van der Waals surface area contributed by atoms with Crippen LogP contribution in [0.1, 0.15) is 5.69 Å². The molecule has 2 aromatic carbocycles. The molecule has 29 heavy (non-hydrogen) atoms. The lowest BCUT2D eigenvalue weighted by molar-refractivity contribution is 0.120. The number of thiazole rings is 1. The maximum absolute atomic E-state index is 5.93. The minimum atomic E-state index is 0.522. The second-order valence-electron chi connectivity index (χ2n) is 6.87. The van der Waals surface area contributed by atoms with Crippen molar-refractivity contribution < 1.29 is 9.15 Å². The topological polar surface area (TPSA) is 64.3 Å². The number of nitrogens with zero attached hydrogens (tertiary/aromatic N) is 4. The van der Waals surface area contributed by atoms with Crippen LogP contribution < -0.4 is 4.90 Å². The first-order chi connectivity index (χ1) is 14.3. The Morgan fingerprint density at radius 2 is 1.55 bits per heavy atom. The molecule has 1 fully saturated rings. The van der Waals surface area contributed by atoms with E-state index in [1.165, 1.54) is 11.1 Å². The van der Waals surface area contributed by atoms with Crippen LogP contribution in [0.3, 0.4) is 0 Å². The highest BCUT2D eigenvalue weighted by atomic mass is 32.1. The highest BCUT2D eigenvalue weighted by Gasteiger charge is 2.21. The second kappa shape index (κ2) is 7.77. The third-order valence-electron chi connectivity index (χ3n) is 4.93. The molecule has 1 aliphatic rings. The van der Waals surface area contributed by atoms with Crippen molar-refractivity contribution in [2.75, 3.05) is 31.2 Å².